The first kappa shape index (κ1) is 27.6. The number of aliphatic hydroxyl groups excluding tert-OH is 1. The van der Waals surface area contributed by atoms with Crippen molar-refractivity contribution < 1.29 is 9.84 Å². The van der Waals surface area contributed by atoms with Gasteiger partial charge in [-0.05, 0) is 95.1 Å². The second-order valence-electron chi connectivity index (χ2n) is 12.3. The molecule has 0 radical (unpaired) electrons. The molecule has 8 aromatic rings. The molecule has 0 saturated heterocycles. The Balaban J connectivity index is 1.32. The van der Waals surface area contributed by atoms with E-state index in [1.165, 1.54) is 77.2 Å². The number of aliphatic hydroxyl groups is 1. The second-order valence-corrected chi connectivity index (χ2v) is 12.3. The van der Waals surface area contributed by atoms with Gasteiger partial charge in [0.1, 0.15) is 12.4 Å². The zero-order valence-electron chi connectivity index (χ0n) is 25.9. The van der Waals surface area contributed by atoms with Gasteiger partial charge in [0, 0.05) is 5.39 Å². The van der Waals surface area contributed by atoms with E-state index in [1.54, 1.807) is 0 Å². The predicted molar refractivity (Wildman–Crippen MR) is 196 cm³/mol. The van der Waals surface area contributed by atoms with E-state index in [2.05, 4.69) is 152 Å². The summed E-state index contributed by atoms with van der Waals surface area (Å²) < 4.78 is 5.98. The Morgan fingerprint density at radius 2 is 0.894 bits per heavy atom. The molecule has 9 rings (SSSR count). The van der Waals surface area contributed by atoms with E-state index in [9.17, 15) is 5.11 Å². The van der Waals surface area contributed by atoms with Gasteiger partial charge in [-0.25, -0.2) is 0 Å². The average Bonchev–Trinajstić information content (AvgIpc) is 3.52. The van der Waals surface area contributed by atoms with Crippen LogP contribution in [0.5, 0.6) is 5.75 Å². The molecule has 0 bridgehead atoms. The summed E-state index contributed by atoms with van der Waals surface area (Å²) >= 11 is 0. The zero-order chi connectivity index (χ0) is 31.3. The van der Waals surface area contributed by atoms with E-state index in [1.807, 2.05) is 0 Å². The summed E-state index contributed by atoms with van der Waals surface area (Å²) in [5.74, 6) is 0.790. The summed E-state index contributed by atoms with van der Waals surface area (Å²) in [7, 11) is 0. The van der Waals surface area contributed by atoms with E-state index in [-0.39, 0.29) is 13.2 Å². The van der Waals surface area contributed by atoms with Crippen LogP contribution in [-0.2, 0) is 6.42 Å². The number of benzene rings is 8. The third-order valence-corrected chi connectivity index (χ3v) is 9.79. The van der Waals surface area contributed by atoms with Crippen molar-refractivity contribution >= 4 is 32.3 Å². The number of rotatable bonds is 6. The second kappa shape index (κ2) is 11.3. The number of ether oxygens (including phenoxy) is 1. The van der Waals surface area contributed by atoms with Crippen LogP contribution in [0.1, 0.15) is 11.1 Å². The van der Waals surface area contributed by atoms with E-state index in [4.69, 9.17) is 4.74 Å². The highest BCUT2D eigenvalue weighted by Gasteiger charge is 2.28. The molecule has 0 saturated carbocycles. The first-order valence-corrected chi connectivity index (χ1v) is 16.3. The lowest BCUT2D eigenvalue weighted by atomic mass is 9.84. The molecule has 2 nitrogen and oxygen atoms in total. The lowest BCUT2D eigenvalue weighted by Crippen LogP contribution is -2.02. The van der Waals surface area contributed by atoms with Gasteiger partial charge in [-0.3, -0.25) is 0 Å². The van der Waals surface area contributed by atoms with Crippen LogP contribution < -0.4 is 4.74 Å². The molecule has 1 N–H and O–H groups in total. The molecule has 0 aromatic heterocycles. The fraction of sp³-hybridized carbons (Fsp3) is 0.0667. The Kier molecular flexibility index (Phi) is 6.62. The first-order valence-electron chi connectivity index (χ1n) is 16.3. The molecule has 2 heteroatoms. The Bertz CT molecular complexity index is 2480. The van der Waals surface area contributed by atoms with Gasteiger partial charge in [0.2, 0.25) is 0 Å². The summed E-state index contributed by atoms with van der Waals surface area (Å²) in [6.45, 7) is 0.244. The van der Waals surface area contributed by atoms with Gasteiger partial charge in [-0.15, -0.1) is 0 Å². The van der Waals surface area contributed by atoms with Gasteiger partial charge in [-0.2, -0.15) is 0 Å². The molecule has 0 aliphatic heterocycles. The summed E-state index contributed by atoms with van der Waals surface area (Å²) in [6.07, 6.45) is 0.853. The van der Waals surface area contributed by atoms with Crippen LogP contribution in [0.2, 0.25) is 0 Å². The van der Waals surface area contributed by atoms with Crippen LogP contribution in [0.15, 0.2) is 152 Å². The SMILES string of the molecule is OCCOc1ccc(-c2ccc3c(c2-c2cccc4ccccc24)Cc2c-3cccc2-c2cccc3ccccc23)c2ccccc12. The van der Waals surface area contributed by atoms with Crippen LogP contribution in [0.3, 0.4) is 0 Å². The largest absolute Gasteiger partial charge is 0.491 e. The van der Waals surface area contributed by atoms with Crippen LogP contribution >= 0.6 is 0 Å². The molecule has 0 heterocycles. The van der Waals surface area contributed by atoms with Crippen LogP contribution in [-0.4, -0.2) is 18.3 Å². The van der Waals surface area contributed by atoms with Crippen LogP contribution in [0.4, 0.5) is 0 Å². The lowest BCUT2D eigenvalue weighted by Gasteiger charge is -2.20. The highest BCUT2D eigenvalue weighted by Crippen LogP contribution is 2.51. The molecule has 1 aliphatic carbocycles. The normalized spacial score (nSPS) is 12.0. The van der Waals surface area contributed by atoms with Crippen molar-refractivity contribution in [2.75, 3.05) is 13.2 Å². The van der Waals surface area contributed by atoms with E-state index < -0.39 is 0 Å². The van der Waals surface area contributed by atoms with Gasteiger partial charge >= 0.3 is 0 Å². The van der Waals surface area contributed by atoms with Gasteiger partial charge in [0.25, 0.3) is 0 Å². The zero-order valence-corrected chi connectivity index (χ0v) is 25.9. The highest BCUT2D eigenvalue weighted by atomic mass is 16.5. The fourth-order valence-corrected chi connectivity index (χ4v) is 7.77. The maximum atomic E-state index is 9.46. The Morgan fingerprint density at radius 1 is 0.404 bits per heavy atom. The predicted octanol–water partition coefficient (Wildman–Crippen LogP) is 11.1. The van der Waals surface area contributed by atoms with Gasteiger partial charge < -0.3 is 9.84 Å². The van der Waals surface area contributed by atoms with E-state index >= 15 is 0 Å². The van der Waals surface area contributed by atoms with Crippen molar-refractivity contribution in [3.63, 3.8) is 0 Å². The lowest BCUT2D eigenvalue weighted by molar-refractivity contribution is 0.203. The monoisotopic (exact) mass is 604 g/mol. The Hall–Kier alpha value is -5.70. The topological polar surface area (TPSA) is 29.5 Å². The molecule has 47 heavy (non-hydrogen) atoms. The number of hydrogen-bond acceptors (Lipinski definition) is 2. The summed E-state index contributed by atoms with van der Waals surface area (Å²) in [5, 5.41) is 16.7. The molecule has 224 valence electrons. The third kappa shape index (κ3) is 4.45. The van der Waals surface area contributed by atoms with E-state index in [0.29, 0.717) is 0 Å². The quantitative estimate of drug-likeness (QED) is 0.205. The van der Waals surface area contributed by atoms with Crippen molar-refractivity contribution in [3.05, 3.63) is 163 Å². The molecule has 1 aliphatic rings. The Labute approximate surface area is 274 Å². The van der Waals surface area contributed by atoms with Gasteiger partial charge in [-0.1, -0.05) is 146 Å². The molecular weight excluding hydrogens is 572 g/mol. The minimum absolute atomic E-state index is 0.0204. The molecular formula is C45H32O2. The molecule has 0 amide bonds. The van der Waals surface area contributed by atoms with Gasteiger partial charge in [0.05, 0.1) is 6.61 Å². The molecule has 0 unspecified atom stereocenters. The van der Waals surface area contributed by atoms with Crippen molar-refractivity contribution in [2.24, 2.45) is 0 Å². The average molecular weight is 605 g/mol. The fourth-order valence-electron chi connectivity index (χ4n) is 7.77. The summed E-state index contributed by atoms with van der Waals surface area (Å²) in [4.78, 5) is 0. The number of hydrogen-bond donors (Lipinski definition) is 1. The number of fused-ring (bicyclic) bond motifs is 6. The minimum Gasteiger partial charge on any atom is -0.491 e. The molecule has 0 atom stereocenters. The van der Waals surface area contributed by atoms with Crippen molar-refractivity contribution in [2.45, 2.75) is 6.42 Å². The molecule has 8 aromatic carbocycles. The van der Waals surface area contributed by atoms with Crippen molar-refractivity contribution in [3.8, 4) is 50.3 Å². The van der Waals surface area contributed by atoms with E-state index in [0.717, 1.165) is 22.9 Å². The maximum Gasteiger partial charge on any atom is 0.127 e. The maximum absolute atomic E-state index is 9.46. The molecule has 0 fully saturated rings. The standard InChI is InChI=1S/C45H32O2/c46-26-27-47-44-25-24-37(34-16-5-6-17-39(34)44)41-23-22-38-36-20-9-19-35(33-18-7-12-29-10-1-3-14-31(29)33)42(36)28-43(38)45(41)40-21-8-13-30-11-2-4-15-32(30)40/h1-25,46H,26-28H2. The summed E-state index contributed by atoms with van der Waals surface area (Å²) in [5.41, 5.74) is 12.9. The summed E-state index contributed by atoms with van der Waals surface area (Å²) in [6, 6.07) is 54.9. The highest BCUT2D eigenvalue weighted by molar-refractivity contribution is 6.09. The minimum atomic E-state index is -0.0204. The third-order valence-electron chi connectivity index (χ3n) is 9.79. The molecule has 0 spiro atoms. The van der Waals surface area contributed by atoms with Crippen LogP contribution in [0.25, 0.3) is 76.8 Å². The smallest absolute Gasteiger partial charge is 0.127 e. The first-order chi connectivity index (χ1) is 23.3. The van der Waals surface area contributed by atoms with Crippen molar-refractivity contribution in [1.29, 1.82) is 0 Å². The van der Waals surface area contributed by atoms with Gasteiger partial charge in [0.15, 0.2) is 0 Å². The van der Waals surface area contributed by atoms with Crippen molar-refractivity contribution in [1.82, 2.24) is 0 Å². The van der Waals surface area contributed by atoms with Crippen LogP contribution in [0, 0.1) is 0 Å². The Morgan fingerprint density at radius 3 is 1.64 bits per heavy atom.